The first-order chi connectivity index (χ1) is 8.58. The SMILES string of the molecule is CC(=O)NC1CCN(c2cccc(Cl)c2N)CC1. The average Bonchev–Trinajstić information content (AvgIpc) is 2.33. The molecule has 0 aliphatic carbocycles. The zero-order chi connectivity index (χ0) is 13.1. The lowest BCUT2D eigenvalue weighted by Crippen LogP contribution is -2.44. The minimum atomic E-state index is 0.0377. The highest BCUT2D eigenvalue weighted by atomic mass is 35.5. The summed E-state index contributed by atoms with van der Waals surface area (Å²) in [6, 6.07) is 5.97. The molecule has 98 valence electrons. The monoisotopic (exact) mass is 267 g/mol. The van der Waals surface area contributed by atoms with Crippen LogP contribution in [0.15, 0.2) is 18.2 Å². The number of piperidine rings is 1. The van der Waals surface area contributed by atoms with E-state index in [-0.39, 0.29) is 11.9 Å². The maximum Gasteiger partial charge on any atom is 0.217 e. The molecule has 1 aromatic rings. The summed E-state index contributed by atoms with van der Waals surface area (Å²) in [5.74, 6) is 0.0377. The molecule has 1 aromatic carbocycles. The molecule has 0 saturated carbocycles. The maximum absolute atomic E-state index is 11.0. The van der Waals surface area contributed by atoms with Gasteiger partial charge in [0.2, 0.25) is 5.91 Å². The van der Waals surface area contributed by atoms with Gasteiger partial charge in [0.25, 0.3) is 0 Å². The molecule has 0 unspecified atom stereocenters. The third kappa shape index (κ3) is 2.88. The van der Waals surface area contributed by atoms with Crippen LogP contribution in [0.5, 0.6) is 0 Å². The van der Waals surface area contributed by atoms with Crippen LogP contribution in [0.4, 0.5) is 11.4 Å². The molecule has 18 heavy (non-hydrogen) atoms. The van der Waals surface area contributed by atoms with Gasteiger partial charge >= 0.3 is 0 Å². The fourth-order valence-corrected chi connectivity index (χ4v) is 2.52. The van der Waals surface area contributed by atoms with Gasteiger partial charge in [-0.15, -0.1) is 0 Å². The van der Waals surface area contributed by atoms with Gasteiger partial charge in [0.15, 0.2) is 0 Å². The van der Waals surface area contributed by atoms with Crippen molar-refractivity contribution in [1.82, 2.24) is 5.32 Å². The number of benzene rings is 1. The predicted molar refractivity (Wildman–Crippen MR) is 74.9 cm³/mol. The van der Waals surface area contributed by atoms with Crippen molar-refractivity contribution >= 4 is 28.9 Å². The highest BCUT2D eigenvalue weighted by molar-refractivity contribution is 6.33. The highest BCUT2D eigenvalue weighted by Crippen LogP contribution is 2.31. The highest BCUT2D eigenvalue weighted by Gasteiger charge is 2.21. The molecule has 1 saturated heterocycles. The van der Waals surface area contributed by atoms with Crippen LogP contribution in [-0.2, 0) is 4.79 Å². The second-order valence-electron chi connectivity index (χ2n) is 4.63. The first-order valence-corrected chi connectivity index (χ1v) is 6.51. The number of nitrogen functional groups attached to an aromatic ring is 1. The van der Waals surface area contributed by atoms with E-state index in [0.717, 1.165) is 31.6 Å². The summed E-state index contributed by atoms with van der Waals surface area (Å²) in [5.41, 5.74) is 7.61. The van der Waals surface area contributed by atoms with Crippen molar-refractivity contribution < 1.29 is 4.79 Å². The van der Waals surface area contributed by atoms with Gasteiger partial charge in [0, 0.05) is 26.1 Å². The molecule has 0 bridgehead atoms. The first-order valence-electron chi connectivity index (χ1n) is 6.14. The van der Waals surface area contributed by atoms with Crippen LogP contribution in [0.25, 0.3) is 0 Å². The summed E-state index contributed by atoms with van der Waals surface area (Å²) in [6.07, 6.45) is 1.87. The quantitative estimate of drug-likeness (QED) is 0.806. The zero-order valence-corrected chi connectivity index (χ0v) is 11.2. The van der Waals surface area contributed by atoms with Crippen LogP contribution < -0.4 is 16.0 Å². The van der Waals surface area contributed by atoms with Crippen LogP contribution in [-0.4, -0.2) is 25.0 Å². The maximum atomic E-state index is 11.0. The minimum Gasteiger partial charge on any atom is -0.396 e. The number of amides is 1. The molecule has 0 spiro atoms. The Morgan fingerprint density at radius 3 is 2.72 bits per heavy atom. The Labute approximate surface area is 112 Å². The number of para-hydroxylation sites is 1. The lowest BCUT2D eigenvalue weighted by Gasteiger charge is -2.34. The second-order valence-corrected chi connectivity index (χ2v) is 5.04. The lowest BCUT2D eigenvalue weighted by atomic mass is 10.0. The van der Waals surface area contributed by atoms with Crippen LogP contribution in [0.2, 0.25) is 5.02 Å². The summed E-state index contributed by atoms with van der Waals surface area (Å²) < 4.78 is 0. The molecule has 1 aliphatic rings. The smallest absolute Gasteiger partial charge is 0.217 e. The zero-order valence-electron chi connectivity index (χ0n) is 10.4. The minimum absolute atomic E-state index is 0.0377. The number of halogens is 1. The van der Waals surface area contributed by atoms with E-state index in [9.17, 15) is 4.79 Å². The van der Waals surface area contributed by atoms with Gasteiger partial charge in [0.1, 0.15) is 0 Å². The van der Waals surface area contributed by atoms with Crippen LogP contribution >= 0.6 is 11.6 Å². The van der Waals surface area contributed by atoms with Gasteiger partial charge in [-0.1, -0.05) is 17.7 Å². The normalized spacial score (nSPS) is 16.7. The third-order valence-corrected chi connectivity index (χ3v) is 3.60. The molecule has 1 heterocycles. The molecule has 5 heteroatoms. The van der Waals surface area contributed by atoms with E-state index in [2.05, 4.69) is 10.2 Å². The summed E-state index contributed by atoms with van der Waals surface area (Å²) in [4.78, 5) is 13.2. The topological polar surface area (TPSA) is 58.4 Å². The van der Waals surface area contributed by atoms with Crippen LogP contribution in [0.1, 0.15) is 19.8 Å². The van der Waals surface area contributed by atoms with Crippen molar-refractivity contribution in [2.24, 2.45) is 0 Å². The fourth-order valence-electron chi connectivity index (χ4n) is 2.35. The number of hydrogen-bond acceptors (Lipinski definition) is 3. The summed E-state index contributed by atoms with van der Waals surface area (Å²) in [7, 11) is 0. The summed E-state index contributed by atoms with van der Waals surface area (Å²) in [6.45, 7) is 3.33. The molecule has 1 amide bonds. The molecule has 1 aliphatic heterocycles. The van der Waals surface area contributed by atoms with Gasteiger partial charge in [-0.2, -0.15) is 0 Å². The largest absolute Gasteiger partial charge is 0.396 e. The van der Waals surface area contributed by atoms with E-state index >= 15 is 0 Å². The van der Waals surface area contributed by atoms with Crippen molar-refractivity contribution in [2.75, 3.05) is 23.7 Å². The number of carbonyl (C=O) groups is 1. The van der Waals surface area contributed by atoms with Gasteiger partial charge < -0.3 is 16.0 Å². The Hall–Kier alpha value is -1.42. The van der Waals surface area contributed by atoms with Gasteiger partial charge in [-0.3, -0.25) is 4.79 Å². The van der Waals surface area contributed by atoms with E-state index in [1.165, 1.54) is 0 Å². The molecule has 4 nitrogen and oxygen atoms in total. The lowest BCUT2D eigenvalue weighted by molar-refractivity contribution is -0.119. The van der Waals surface area contributed by atoms with E-state index in [1.807, 2.05) is 12.1 Å². The molecule has 0 atom stereocenters. The number of nitrogens with one attached hydrogen (secondary N) is 1. The van der Waals surface area contributed by atoms with Crippen LogP contribution in [0.3, 0.4) is 0 Å². The van der Waals surface area contributed by atoms with Crippen molar-refractivity contribution in [3.05, 3.63) is 23.2 Å². The van der Waals surface area contributed by atoms with E-state index in [4.69, 9.17) is 17.3 Å². The van der Waals surface area contributed by atoms with E-state index in [1.54, 1.807) is 13.0 Å². The van der Waals surface area contributed by atoms with Crippen molar-refractivity contribution in [2.45, 2.75) is 25.8 Å². The molecular weight excluding hydrogens is 250 g/mol. The Morgan fingerprint density at radius 1 is 1.44 bits per heavy atom. The predicted octanol–water partition coefficient (Wildman–Crippen LogP) is 2.03. The van der Waals surface area contributed by atoms with Crippen molar-refractivity contribution in [1.29, 1.82) is 0 Å². The number of carbonyl (C=O) groups excluding carboxylic acids is 1. The van der Waals surface area contributed by atoms with Crippen LogP contribution in [0, 0.1) is 0 Å². The summed E-state index contributed by atoms with van der Waals surface area (Å²) in [5, 5.41) is 3.55. The Balaban J connectivity index is 2.01. The molecule has 1 fully saturated rings. The number of rotatable bonds is 2. The molecular formula is C13H18ClN3O. The number of nitrogens with two attached hydrogens (primary N) is 1. The van der Waals surface area contributed by atoms with Gasteiger partial charge in [-0.25, -0.2) is 0 Å². The molecule has 2 rings (SSSR count). The molecule has 3 N–H and O–H groups in total. The molecule has 0 aromatic heterocycles. The van der Waals surface area contributed by atoms with E-state index in [0.29, 0.717) is 10.7 Å². The standard InChI is InChI=1S/C13H18ClN3O/c1-9(18)16-10-5-7-17(8-6-10)12-4-2-3-11(14)13(12)15/h2-4,10H,5-8,15H2,1H3,(H,16,18). The fraction of sp³-hybridized carbons (Fsp3) is 0.462. The second kappa shape index (κ2) is 5.48. The van der Waals surface area contributed by atoms with Crippen molar-refractivity contribution in [3.63, 3.8) is 0 Å². The average molecular weight is 268 g/mol. The molecule has 0 radical (unpaired) electrons. The summed E-state index contributed by atoms with van der Waals surface area (Å²) >= 11 is 6.02. The first kappa shape index (κ1) is 13.0. The Bertz CT molecular complexity index is 442. The number of nitrogens with zero attached hydrogens (tertiary/aromatic N) is 1. The Kier molecular flexibility index (Phi) is 3.97. The van der Waals surface area contributed by atoms with Gasteiger partial charge in [-0.05, 0) is 25.0 Å². The van der Waals surface area contributed by atoms with Crippen molar-refractivity contribution in [3.8, 4) is 0 Å². The van der Waals surface area contributed by atoms with E-state index < -0.39 is 0 Å². The Morgan fingerprint density at radius 2 is 2.11 bits per heavy atom. The third-order valence-electron chi connectivity index (χ3n) is 3.27. The number of anilines is 2. The number of hydrogen-bond donors (Lipinski definition) is 2. The van der Waals surface area contributed by atoms with Gasteiger partial charge in [0.05, 0.1) is 16.4 Å².